The minimum absolute atomic E-state index is 0.318. The third-order valence-corrected chi connectivity index (χ3v) is 1.26. The van der Waals surface area contributed by atoms with Crippen molar-refractivity contribution in [1.82, 2.24) is 5.32 Å². The van der Waals surface area contributed by atoms with Crippen LogP contribution in [0.2, 0.25) is 0 Å². The molecule has 0 saturated carbocycles. The fraction of sp³-hybridized carbons (Fsp3) is 0.857. The van der Waals surface area contributed by atoms with E-state index >= 15 is 0 Å². The minimum atomic E-state index is -0.464. The Morgan fingerprint density at radius 2 is 2.27 bits per heavy atom. The first kappa shape index (κ1) is 10.4. The number of aliphatic hydroxyl groups excluding tert-OH is 2. The monoisotopic (exact) mass is 161 g/mol. The van der Waals surface area contributed by atoms with Crippen molar-refractivity contribution in [1.29, 1.82) is 0 Å². The molecule has 0 radical (unpaired) electrons. The van der Waals surface area contributed by atoms with E-state index in [1.54, 1.807) is 6.92 Å². The third kappa shape index (κ3) is 7.29. The Labute approximate surface area is 66.2 Å². The molecule has 4 nitrogen and oxygen atoms in total. The van der Waals surface area contributed by atoms with Crippen molar-refractivity contribution in [2.45, 2.75) is 25.9 Å². The third-order valence-electron chi connectivity index (χ3n) is 1.26. The second-order valence-corrected chi connectivity index (χ2v) is 2.50. The molecule has 3 N–H and O–H groups in total. The van der Waals surface area contributed by atoms with Crippen molar-refractivity contribution in [3.63, 3.8) is 0 Å². The van der Waals surface area contributed by atoms with Gasteiger partial charge in [0, 0.05) is 6.54 Å². The summed E-state index contributed by atoms with van der Waals surface area (Å²) in [5.74, 6) is -0.365. The highest BCUT2D eigenvalue weighted by molar-refractivity contribution is 5.76. The Morgan fingerprint density at radius 3 is 2.73 bits per heavy atom. The van der Waals surface area contributed by atoms with Gasteiger partial charge in [-0.15, -0.1) is 0 Å². The molecule has 11 heavy (non-hydrogen) atoms. The van der Waals surface area contributed by atoms with E-state index in [-0.39, 0.29) is 12.0 Å². The molecule has 0 rings (SSSR count). The molecule has 4 heteroatoms. The second kappa shape index (κ2) is 6.12. The topological polar surface area (TPSA) is 69.6 Å². The van der Waals surface area contributed by atoms with E-state index in [1.807, 2.05) is 0 Å². The Morgan fingerprint density at radius 1 is 1.64 bits per heavy atom. The SMILES string of the molecule is CC(O)CCCNC(=O)CO. The highest BCUT2D eigenvalue weighted by atomic mass is 16.3. The molecule has 0 bridgehead atoms. The lowest BCUT2D eigenvalue weighted by Gasteiger charge is -2.04. The quantitative estimate of drug-likeness (QED) is 0.465. The summed E-state index contributed by atoms with van der Waals surface area (Å²) in [4.78, 5) is 10.4. The van der Waals surface area contributed by atoms with Gasteiger partial charge in [0.2, 0.25) is 5.91 Å². The van der Waals surface area contributed by atoms with Crippen molar-refractivity contribution >= 4 is 5.91 Å². The van der Waals surface area contributed by atoms with Crippen LogP contribution in [0.4, 0.5) is 0 Å². The summed E-state index contributed by atoms with van der Waals surface area (Å²) in [5.41, 5.74) is 0. The van der Waals surface area contributed by atoms with Gasteiger partial charge in [-0.3, -0.25) is 4.79 Å². The van der Waals surface area contributed by atoms with Crippen LogP contribution in [-0.2, 0) is 4.79 Å². The Bertz CT molecular complexity index is 114. The van der Waals surface area contributed by atoms with Gasteiger partial charge in [-0.2, -0.15) is 0 Å². The molecule has 0 saturated heterocycles. The second-order valence-electron chi connectivity index (χ2n) is 2.50. The van der Waals surface area contributed by atoms with Crippen LogP contribution in [0.15, 0.2) is 0 Å². The van der Waals surface area contributed by atoms with Crippen molar-refractivity contribution < 1.29 is 15.0 Å². The first-order chi connectivity index (χ1) is 5.16. The van der Waals surface area contributed by atoms with Gasteiger partial charge in [0.05, 0.1) is 6.10 Å². The molecule has 0 aromatic heterocycles. The van der Waals surface area contributed by atoms with Crippen molar-refractivity contribution in [2.24, 2.45) is 0 Å². The average Bonchev–Trinajstić information content (AvgIpc) is 1.97. The fourth-order valence-corrected chi connectivity index (χ4v) is 0.681. The van der Waals surface area contributed by atoms with Crippen LogP contribution in [0.5, 0.6) is 0 Å². The number of amides is 1. The molecule has 0 aromatic carbocycles. The standard InChI is InChI=1S/C7H15NO3/c1-6(10)3-2-4-8-7(11)5-9/h6,9-10H,2-5H2,1H3,(H,8,11). The van der Waals surface area contributed by atoms with Gasteiger partial charge in [0.15, 0.2) is 0 Å². The van der Waals surface area contributed by atoms with E-state index in [0.29, 0.717) is 13.0 Å². The molecule has 0 spiro atoms. The highest BCUT2D eigenvalue weighted by Crippen LogP contribution is 1.92. The Hall–Kier alpha value is -0.610. The highest BCUT2D eigenvalue weighted by Gasteiger charge is 1.97. The molecule has 66 valence electrons. The van der Waals surface area contributed by atoms with E-state index in [1.165, 1.54) is 0 Å². The van der Waals surface area contributed by atoms with Crippen LogP contribution in [-0.4, -0.2) is 35.4 Å². The Kier molecular flexibility index (Phi) is 5.78. The maximum Gasteiger partial charge on any atom is 0.245 e. The fourth-order valence-electron chi connectivity index (χ4n) is 0.681. The largest absolute Gasteiger partial charge is 0.393 e. The van der Waals surface area contributed by atoms with Gasteiger partial charge in [-0.1, -0.05) is 0 Å². The van der Waals surface area contributed by atoms with Crippen molar-refractivity contribution in [3.8, 4) is 0 Å². The van der Waals surface area contributed by atoms with Crippen LogP contribution < -0.4 is 5.32 Å². The number of hydrogen-bond acceptors (Lipinski definition) is 3. The number of carbonyl (C=O) groups excluding carboxylic acids is 1. The summed E-state index contributed by atoms with van der Waals surface area (Å²) >= 11 is 0. The summed E-state index contributed by atoms with van der Waals surface area (Å²) in [6.07, 6.45) is 1.09. The van der Waals surface area contributed by atoms with Gasteiger partial charge in [-0.05, 0) is 19.8 Å². The predicted octanol–water partition coefficient (Wildman–Crippen LogP) is -0.744. The molecule has 1 atom stereocenters. The summed E-state index contributed by atoms with van der Waals surface area (Å²) in [7, 11) is 0. The lowest BCUT2D eigenvalue weighted by atomic mass is 10.2. The van der Waals surface area contributed by atoms with Crippen molar-refractivity contribution in [3.05, 3.63) is 0 Å². The van der Waals surface area contributed by atoms with Gasteiger partial charge in [0.25, 0.3) is 0 Å². The van der Waals surface area contributed by atoms with Crippen LogP contribution in [0.25, 0.3) is 0 Å². The van der Waals surface area contributed by atoms with Crippen LogP contribution in [0, 0.1) is 0 Å². The first-order valence-corrected chi connectivity index (χ1v) is 3.72. The maximum atomic E-state index is 10.4. The van der Waals surface area contributed by atoms with Crippen LogP contribution >= 0.6 is 0 Å². The summed E-state index contributed by atoms with van der Waals surface area (Å²) in [6.45, 7) is 1.76. The first-order valence-electron chi connectivity index (χ1n) is 3.72. The lowest BCUT2D eigenvalue weighted by molar-refractivity contribution is -0.123. The summed E-state index contributed by atoms with van der Waals surface area (Å²) in [5, 5.41) is 19.6. The molecule has 0 fully saturated rings. The van der Waals surface area contributed by atoms with Gasteiger partial charge in [-0.25, -0.2) is 0 Å². The molecule has 0 aliphatic carbocycles. The van der Waals surface area contributed by atoms with Gasteiger partial charge >= 0.3 is 0 Å². The average molecular weight is 161 g/mol. The molecule has 1 unspecified atom stereocenters. The normalized spacial score (nSPS) is 12.6. The minimum Gasteiger partial charge on any atom is -0.393 e. The van der Waals surface area contributed by atoms with Gasteiger partial charge in [0.1, 0.15) is 6.61 Å². The summed E-state index contributed by atoms with van der Waals surface area (Å²) < 4.78 is 0. The Balaban J connectivity index is 3.08. The number of aliphatic hydroxyl groups is 2. The van der Waals surface area contributed by atoms with Gasteiger partial charge < -0.3 is 15.5 Å². The summed E-state index contributed by atoms with van der Waals surface area (Å²) in [6, 6.07) is 0. The van der Waals surface area contributed by atoms with Crippen molar-refractivity contribution in [2.75, 3.05) is 13.2 Å². The zero-order valence-corrected chi connectivity index (χ0v) is 6.71. The van der Waals surface area contributed by atoms with Crippen LogP contribution in [0.1, 0.15) is 19.8 Å². The number of carbonyl (C=O) groups is 1. The van der Waals surface area contributed by atoms with E-state index in [2.05, 4.69) is 5.32 Å². The smallest absolute Gasteiger partial charge is 0.245 e. The molecule has 0 heterocycles. The predicted molar refractivity (Wildman–Crippen MR) is 41.0 cm³/mol. The number of hydrogen-bond donors (Lipinski definition) is 3. The molecule has 0 aliphatic rings. The number of rotatable bonds is 5. The number of nitrogens with one attached hydrogen (secondary N) is 1. The zero-order chi connectivity index (χ0) is 8.69. The van der Waals surface area contributed by atoms with E-state index in [0.717, 1.165) is 6.42 Å². The van der Waals surface area contributed by atoms with E-state index in [4.69, 9.17) is 10.2 Å². The molecule has 0 aromatic rings. The molecule has 0 aliphatic heterocycles. The van der Waals surface area contributed by atoms with E-state index in [9.17, 15) is 4.79 Å². The maximum absolute atomic E-state index is 10.4. The van der Waals surface area contributed by atoms with E-state index < -0.39 is 6.61 Å². The zero-order valence-electron chi connectivity index (χ0n) is 6.71. The molecule has 1 amide bonds. The lowest BCUT2D eigenvalue weighted by Crippen LogP contribution is -2.27. The molecular weight excluding hydrogens is 146 g/mol. The molecular formula is C7H15NO3. The van der Waals surface area contributed by atoms with Crippen LogP contribution in [0.3, 0.4) is 0 Å².